The van der Waals surface area contributed by atoms with Crippen LogP contribution in [0.2, 0.25) is 0 Å². The van der Waals surface area contributed by atoms with Gasteiger partial charge in [0.2, 0.25) is 0 Å². The number of ether oxygens (including phenoxy) is 1. The van der Waals surface area contributed by atoms with Crippen molar-refractivity contribution < 1.29 is 36.7 Å². The van der Waals surface area contributed by atoms with E-state index in [-0.39, 0.29) is 30.6 Å². The van der Waals surface area contributed by atoms with Crippen LogP contribution in [0.4, 0.5) is 45.1 Å². The van der Waals surface area contributed by atoms with Crippen molar-refractivity contribution in [2.45, 2.75) is 12.5 Å². The molecule has 36 heavy (non-hydrogen) atoms. The lowest BCUT2D eigenvalue weighted by molar-refractivity contribution is -0.116. The van der Waals surface area contributed by atoms with Gasteiger partial charge in [0.1, 0.15) is 11.8 Å². The number of halogens is 4. The molecule has 9 nitrogen and oxygen atoms in total. The van der Waals surface area contributed by atoms with E-state index in [0.29, 0.717) is 31.9 Å². The van der Waals surface area contributed by atoms with Crippen LogP contribution in [0.15, 0.2) is 36.4 Å². The number of likely N-dealkylation sites (N-methyl/N-ethyl adjacent to an activating group) is 1. The van der Waals surface area contributed by atoms with Crippen molar-refractivity contribution >= 4 is 35.1 Å². The Labute approximate surface area is 205 Å². The van der Waals surface area contributed by atoms with E-state index in [0.717, 1.165) is 5.69 Å². The SMILES string of the molecule is CNC[C@H]1CN(c2cc(F)c(N3CCON(c4ccc(N)cc4)CC3)c(F)c2)C(=O)O1.O=CC(F)F. The van der Waals surface area contributed by atoms with E-state index in [9.17, 15) is 22.4 Å². The summed E-state index contributed by atoms with van der Waals surface area (Å²) in [7, 11) is 1.74. The molecule has 2 aliphatic rings. The van der Waals surface area contributed by atoms with Crippen molar-refractivity contribution in [3.63, 3.8) is 0 Å². The maximum Gasteiger partial charge on any atom is 0.414 e. The van der Waals surface area contributed by atoms with Gasteiger partial charge in [-0.1, -0.05) is 0 Å². The highest BCUT2D eigenvalue weighted by Gasteiger charge is 2.33. The number of carbonyl (C=O) groups excluding carboxylic acids is 2. The molecule has 0 aromatic heterocycles. The summed E-state index contributed by atoms with van der Waals surface area (Å²) in [6.45, 7) is 2.03. The fraction of sp³-hybridized carbons (Fsp3) is 0.391. The number of nitrogens with zero attached hydrogens (tertiary/aromatic N) is 3. The molecule has 0 bridgehead atoms. The molecular formula is C23H27F4N5O4. The van der Waals surface area contributed by atoms with Gasteiger partial charge in [-0.15, -0.1) is 0 Å². The highest BCUT2D eigenvalue weighted by molar-refractivity contribution is 5.90. The zero-order valence-corrected chi connectivity index (χ0v) is 19.5. The van der Waals surface area contributed by atoms with Crippen LogP contribution in [0.25, 0.3) is 0 Å². The van der Waals surface area contributed by atoms with Crippen LogP contribution in [-0.2, 0) is 14.4 Å². The first kappa shape index (κ1) is 27.0. The van der Waals surface area contributed by atoms with Gasteiger partial charge in [0.05, 0.1) is 31.1 Å². The first-order valence-electron chi connectivity index (χ1n) is 11.1. The Morgan fingerprint density at radius 3 is 2.33 bits per heavy atom. The average molecular weight is 513 g/mol. The van der Waals surface area contributed by atoms with Crippen LogP contribution in [0.3, 0.4) is 0 Å². The van der Waals surface area contributed by atoms with Gasteiger partial charge in [-0.05, 0) is 31.3 Å². The van der Waals surface area contributed by atoms with Crippen molar-refractivity contribution in [3.8, 4) is 0 Å². The molecule has 0 spiro atoms. The van der Waals surface area contributed by atoms with E-state index in [1.165, 1.54) is 17.0 Å². The fourth-order valence-corrected chi connectivity index (χ4v) is 3.79. The Balaban J connectivity index is 0.000000658. The van der Waals surface area contributed by atoms with Crippen LogP contribution in [0.5, 0.6) is 0 Å². The number of amides is 1. The zero-order valence-electron chi connectivity index (χ0n) is 19.5. The Bertz CT molecular complexity index is 1020. The van der Waals surface area contributed by atoms with Crippen LogP contribution in [0.1, 0.15) is 0 Å². The Kier molecular flexibility index (Phi) is 9.31. The van der Waals surface area contributed by atoms with Crippen molar-refractivity contribution in [1.82, 2.24) is 5.32 Å². The number of alkyl halides is 2. The second kappa shape index (κ2) is 12.4. The van der Waals surface area contributed by atoms with Gasteiger partial charge in [-0.25, -0.2) is 22.4 Å². The van der Waals surface area contributed by atoms with Gasteiger partial charge < -0.3 is 20.7 Å². The van der Waals surface area contributed by atoms with E-state index >= 15 is 0 Å². The molecule has 0 unspecified atom stereocenters. The quantitative estimate of drug-likeness (QED) is 0.346. The number of cyclic esters (lactones) is 1. The highest BCUT2D eigenvalue weighted by Crippen LogP contribution is 2.31. The van der Waals surface area contributed by atoms with Crippen LogP contribution < -0.4 is 25.9 Å². The molecular weight excluding hydrogens is 486 g/mol. The van der Waals surface area contributed by atoms with Gasteiger partial charge in [0, 0.05) is 37.5 Å². The smallest absolute Gasteiger partial charge is 0.414 e. The maximum atomic E-state index is 15.0. The molecule has 2 aliphatic heterocycles. The van der Waals surface area contributed by atoms with Gasteiger partial charge in [-0.2, -0.15) is 0 Å². The molecule has 2 saturated heterocycles. The summed E-state index contributed by atoms with van der Waals surface area (Å²) in [5, 5.41) is 4.61. The summed E-state index contributed by atoms with van der Waals surface area (Å²) in [4.78, 5) is 29.4. The number of benzene rings is 2. The molecule has 0 radical (unpaired) electrons. The first-order chi connectivity index (χ1) is 17.2. The summed E-state index contributed by atoms with van der Waals surface area (Å²) in [5.41, 5.74) is 7.18. The third-order valence-corrected chi connectivity index (χ3v) is 5.40. The van der Waals surface area contributed by atoms with E-state index in [1.807, 2.05) is 12.1 Å². The second-order valence-electron chi connectivity index (χ2n) is 7.92. The van der Waals surface area contributed by atoms with Gasteiger partial charge in [0.25, 0.3) is 6.43 Å². The second-order valence-corrected chi connectivity index (χ2v) is 7.92. The number of nitrogens with one attached hydrogen (secondary N) is 1. The molecule has 13 heteroatoms. The lowest BCUT2D eigenvalue weighted by atomic mass is 10.2. The van der Waals surface area contributed by atoms with Crippen LogP contribution in [0, 0.1) is 11.6 Å². The minimum atomic E-state index is -2.80. The van der Waals surface area contributed by atoms with Gasteiger partial charge >= 0.3 is 6.09 Å². The zero-order chi connectivity index (χ0) is 26.2. The van der Waals surface area contributed by atoms with Crippen LogP contribution >= 0.6 is 0 Å². The predicted octanol–water partition coefficient (Wildman–Crippen LogP) is 2.80. The molecule has 3 N–H and O–H groups in total. The van der Waals surface area contributed by atoms with E-state index in [1.54, 1.807) is 29.1 Å². The number of hydroxylamine groups is 1. The minimum Gasteiger partial charge on any atom is -0.443 e. The first-order valence-corrected chi connectivity index (χ1v) is 11.1. The summed E-state index contributed by atoms with van der Waals surface area (Å²) < 4.78 is 56.0. The number of nitrogens with two attached hydrogens (primary N) is 1. The molecule has 1 atom stereocenters. The lowest BCUT2D eigenvalue weighted by Gasteiger charge is -2.25. The van der Waals surface area contributed by atoms with E-state index < -0.39 is 30.4 Å². The number of anilines is 4. The van der Waals surface area contributed by atoms with E-state index in [4.69, 9.17) is 20.1 Å². The van der Waals surface area contributed by atoms with Crippen molar-refractivity contribution in [2.75, 3.05) is 67.0 Å². The largest absolute Gasteiger partial charge is 0.443 e. The summed E-state index contributed by atoms with van der Waals surface area (Å²) in [6, 6.07) is 9.54. The van der Waals surface area contributed by atoms with Gasteiger partial charge in [-0.3, -0.25) is 19.6 Å². The number of hydrogen-bond donors (Lipinski definition) is 2. The normalized spacial score (nSPS) is 18.0. The molecule has 2 aromatic rings. The maximum absolute atomic E-state index is 15.0. The number of rotatable bonds is 6. The molecule has 4 rings (SSSR count). The topological polar surface area (TPSA) is 100 Å². The lowest BCUT2D eigenvalue weighted by Crippen LogP contribution is -2.32. The highest BCUT2D eigenvalue weighted by atomic mass is 19.3. The Morgan fingerprint density at radius 2 is 1.75 bits per heavy atom. The summed E-state index contributed by atoms with van der Waals surface area (Å²) >= 11 is 0. The minimum absolute atomic E-state index is 0.133. The van der Waals surface area contributed by atoms with Gasteiger partial charge in [0.15, 0.2) is 17.9 Å². The molecule has 2 fully saturated rings. The molecule has 0 aliphatic carbocycles. The number of nitrogen functional groups attached to an aromatic ring is 1. The predicted molar refractivity (Wildman–Crippen MR) is 126 cm³/mol. The van der Waals surface area contributed by atoms with Crippen molar-refractivity contribution in [1.29, 1.82) is 0 Å². The summed E-state index contributed by atoms with van der Waals surface area (Å²) in [6.07, 6.45) is -4.20. The number of hydrogen-bond acceptors (Lipinski definition) is 8. The standard InChI is InChI=1S/C21H25F2N5O3.C2H2F2O/c1-25-12-17-13-27(21(29)31-17)16-10-18(22)20(19(23)11-16)26-6-7-28(30-9-8-26)15-4-2-14(24)3-5-15;3-2(4)1-5/h2-5,10-11,17,25H,6-9,12-13,24H2,1H3;1-2H/t17-;/m0./s1. The summed E-state index contributed by atoms with van der Waals surface area (Å²) in [5.74, 6) is -1.47. The van der Waals surface area contributed by atoms with Crippen LogP contribution in [-0.4, -0.2) is 71.3 Å². The molecule has 1 amide bonds. The fourth-order valence-electron chi connectivity index (χ4n) is 3.79. The molecule has 2 aromatic carbocycles. The van der Waals surface area contributed by atoms with E-state index in [2.05, 4.69) is 5.32 Å². The number of carbonyl (C=O) groups is 2. The monoisotopic (exact) mass is 513 g/mol. The third kappa shape index (κ3) is 6.76. The molecule has 2 heterocycles. The Hall–Kier alpha value is -3.58. The average Bonchev–Trinajstić information content (AvgIpc) is 3.04. The molecule has 196 valence electrons. The third-order valence-electron chi connectivity index (χ3n) is 5.40. The van der Waals surface area contributed by atoms with Crippen molar-refractivity contribution in [2.24, 2.45) is 0 Å². The molecule has 0 saturated carbocycles. The number of aldehydes is 1. The Morgan fingerprint density at radius 1 is 1.11 bits per heavy atom. The van der Waals surface area contributed by atoms with Crippen molar-refractivity contribution in [3.05, 3.63) is 48.0 Å².